The van der Waals surface area contributed by atoms with E-state index in [9.17, 15) is 18.4 Å². The lowest BCUT2D eigenvalue weighted by Gasteiger charge is -2.18. The van der Waals surface area contributed by atoms with Crippen LogP contribution in [0.15, 0.2) is 85.5 Å². The van der Waals surface area contributed by atoms with Crippen LogP contribution in [0, 0.1) is 11.6 Å². The number of hydrogen-bond acceptors (Lipinski definition) is 5. The summed E-state index contributed by atoms with van der Waals surface area (Å²) >= 11 is 1.56. The van der Waals surface area contributed by atoms with Crippen molar-refractivity contribution in [1.82, 2.24) is 14.9 Å². The van der Waals surface area contributed by atoms with Crippen molar-refractivity contribution in [3.8, 4) is 11.1 Å². The maximum absolute atomic E-state index is 13.8. The van der Waals surface area contributed by atoms with Gasteiger partial charge in [0, 0.05) is 24.5 Å². The fraction of sp³-hybridized carbons (Fsp3) is 0.194. The van der Waals surface area contributed by atoms with Crippen LogP contribution >= 0.6 is 11.8 Å². The number of allylic oxidation sites excluding steroid dienone is 1. The number of nitrogens with zero attached hydrogens (tertiary/aromatic N) is 2. The summed E-state index contributed by atoms with van der Waals surface area (Å²) < 4.78 is 34.2. The van der Waals surface area contributed by atoms with E-state index in [-0.39, 0.29) is 5.82 Å². The Balaban J connectivity index is 1.76. The molecule has 0 aliphatic heterocycles. The van der Waals surface area contributed by atoms with Crippen LogP contribution in [0.25, 0.3) is 22.8 Å². The molecular formula is C31H29F2N3O3S. The first kappa shape index (κ1) is 28.8. The molecule has 1 heterocycles. The summed E-state index contributed by atoms with van der Waals surface area (Å²) in [7, 11) is 1.29. The highest BCUT2D eigenvalue weighted by molar-refractivity contribution is 7.98. The molecule has 1 N–H and O–H groups in total. The van der Waals surface area contributed by atoms with Crippen molar-refractivity contribution in [3.05, 3.63) is 114 Å². The van der Waals surface area contributed by atoms with E-state index in [1.54, 1.807) is 60.7 Å². The van der Waals surface area contributed by atoms with E-state index >= 15 is 0 Å². The summed E-state index contributed by atoms with van der Waals surface area (Å²) in [6.07, 6.45) is 9.51. The minimum atomic E-state index is -0.800. The van der Waals surface area contributed by atoms with Gasteiger partial charge in [0.1, 0.15) is 17.7 Å². The van der Waals surface area contributed by atoms with Crippen molar-refractivity contribution in [2.45, 2.75) is 19.0 Å². The highest BCUT2D eigenvalue weighted by atomic mass is 32.2. The van der Waals surface area contributed by atoms with Crippen molar-refractivity contribution in [2.24, 2.45) is 0 Å². The summed E-state index contributed by atoms with van der Waals surface area (Å²) in [5, 5.41) is 2.80. The molecule has 9 heteroatoms. The Hall–Kier alpha value is -4.24. The van der Waals surface area contributed by atoms with Gasteiger partial charge in [-0.05, 0) is 88.7 Å². The standard InChI is InChI=1S/C31H29F2N3O3S/c1-39-31(38)29(13-16-40-2)35-30(37)27-12-3-21(18-28(27)23-6-10-26(33)11-7-23)17-24(19-36-15-14-34-20-36)22-4-8-25(32)9-5-22/h3-12,14-15,17-18,20,29H,13,16,19H2,1-2H3,(H,35,37)/b24-17-/t29-/m0/s1. The van der Waals surface area contributed by atoms with Gasteiger partial charge in [-0.1, -0.05) is 30.3 Å². The number of nitrogens with one attached hydrogen (secondary N) is 1. The second-order valence-corrected chi connectivity index (χ2v) is 10.0. The first-order chi connectivity index (χ1) is 19.4. The van der Waals surface area contributed by atoms with E-state index in [4.69, 9.17) is 4.74 Å². The van der Waals surface area contributed by atoms with Gasteiger partial charge >= 0.3 is 5.97 Å². The summed E-state index contributed by atoms with van der Waals surface area (Å²) in [6, 6.07) is 16.6. The van der Waals surface area contributed by atoms with Gasteiger partial charge in [-0.15, -0.1) is 0 Å². The molecule has 6 nitrogen and oxygen atoms in total. The lowest BCUT2D eigenvalue weighted by Crippen LogP contribution is -2.42. The second-order valence-electron chi connectivity index (χ2n) is 9.05. The number of thioether (sulfide) groups is 1. The number of imidazole rings is 1. The largest absolute Gasteiger partial charge is 0.467 e. The summed E-state index contributed by atoms with van der Waals surface area (Å²) in [5.41, 5.74) is 4.04. The Kier molecular flexibility index (Phi) is 9.86. The molecule has 1 aromatic heterocycles. The van der Waals surface area contributed by atoms with E-state index in [2.05, 4.69) is 10.3 Å². The molecule has 3 aromatic carbocycles. The molecule has 1 atom stereocenters. The predicted octanol–water partition coefficient (Wildman–Crippen LogP) is 6.09. The first-order valence-corrected chi connectivity index (χ1v) is 14.0. The molecule has 0 radical (unpaired) electrons. The topological polar surface area (TPSA) is 73.2 Å². The normalized spacial score (nSPS) is 12.2. The number of hydrogen-bond donors (Lipinski definition) is 1. The van der Waals surface area contributed by atoms with Gasteiger partial charge in [0.25, 0.3) is 5.91 Å². The van der Waals surface area contributed by atoms with Gasteiger partial charge in [0.05, 0.1) is 13.4 Å². The fourth-order valence-corrected chi connectivity index (χ4v) is 4.71. The van der Waals surface area contributed by atoms with Crippen LogP contribution in [0.1, 0.15) is 27.9 Å². The number of carbonyl (C=O) groups excluding carboxylic acids is 2. The van der Waals surface area contributed by atoms with Crippen molar-refractivity contribution in [1.29, 1.82) is 0 Å². The zero-order valence-electron chi connectivity index (χ0n) is 22.1. The van der Waals surface area contributed by atoms with Crippen LogP contribution in [-0.2, 0) is 16.1 Å². The third-order valence-corrected chi connectivity index (χ3v) is 6.96. The van der Waals surface area contributed by atoms with Gasteiger partial charge < -0.3 is 14.6 Å². The fourth-order valence-electron chi connectivity index (χ4n) is 4.24. The highest BCUT2D eigenvalue weighted by Crippen LogP contribution is 2.29. The summed E-state index contributed by atoms with van der Waals surface area (Å²) in [5.74, 6) is -1.02. The smallest absolute Gasteiger partial charge is 0.328 e. The van der Waals surface area contributed by atoms with Crippen molar-refractivity contribution >= 4 is 35.3 Å². The number of aromatic nitrogens is 2. The molecular weight excluding hydrogens is 532 g/mol. The molecule has 0 bridgehead atoms. The minimum absolute atomic E-state index is 0.331. The Bertz CT molecular complexity index is 1470. The highest BCUT2D eigenvalue weighted by Gasteiger charge is 2.23. The molecule has 0 saturated heterocycles. The maximum Gasteiger partial charge on any atom is 0.328 e. The third kappa shape index (κ3) is 7.45. The number of benzene rings is 3. The van der Waals surface area contributed by atoms with E-state index in [0.29, 0.717) is 35.4 Å². The Morgan fingerprint density at radius 1 is 1.05 bits per heavy atom. The number of rotatable bonds is 11. The Labute approximate surface area is 236 Å². The molecule has 206 valence electrons. The van der Waals surface area contributed by atoms with E-state index in [1.807, 2.05) is 29.2 Å². The average molecular weight is 562 g/mol. The quantitative estimate of drug-likeness (QED) is 0.177. The zero-order chi connectivity index (χ0) is 28.5. The molecule has 4 rings (SSSR count). The van der Waals surface area contributed by atoms with Gasteiger partial charge in [-0.2, -0.15) is 11.8 Å². The number of carbonyl (C=O) groups is 2. The maximum atomic E-state index is 13.8. The van der Waals surface area contributed by atoms with Crippen LogP contribution in [0.5, 0.6) is 0 Å². The van der Waals surface area contributed by atoms with E-state index < -0.39 is 23.7 Å². The summed E-state index contributed by atoms with van der Waals surface area (Å²) in [6.45, 7) is 0.482. The third-order valence-electron chi connectivity index (χ3n) is 6.31. The van der Waals surface area contributed by atoms with Gasteiger partial charge in [0.2, 0.25) is 0 Å². The Morgan fingerprint density at radius 2 is 1.75 bits per heavy atom. The second kappa shape index (κ2) is 13.7. The van der Waals surface area contributed by atoms with Crippen molar-refractivity contribution in [2.75, 3.05) is 19.1 Å². The molecule has 0 aliphatic rings. The van der Waals surface area contributed by atoms with Crippen LogP contribution in [0.3, 0.4) is 0 Å². The van der Waals surface area contributed by atoms with Crippen LogP contribution in [-0.4, -0.2) is 46.6 Å². The SMILES string of the molecule is COC(=O)[C@H](CCSC)NC(=O)c1ccc(/C=C(/Cn2ccnc2)c2ccc(F)cc2)cc1-c1ccc(F)cc1. The predicted molar refractivity (Wildman–Crippen MR) is 155 cm³/mol. The first-order valence-electron chi connectivity index (χ1n) is 12.6. The monoisotopic (exact) mass is 561 g/mol. The van der Waals surface area contributed by atoms with Crippen LogP contribution < -0.4 is 5.32 Å². The molecule has 0 saturated carbocycles. The van der Waals surface area contributed by atoms with Gasteiger partial charge in [-0.25, -0.2) is 18.6 Å². The van der Waals surface area contributed by atoms with Gasteiger partial charge in [-0.3, -0.25) is 4.79 Å². The lowest BCUT2D eigenvalue weighted by atomic mass is 9.94. The summed E-state index contributed by atoms with van der Waals surface area (Å²) in [4.78, 5) is 29.9. The molecule has 0 aliphatic carbocycles. The van der Waals surface area contributed by atoms with Crippen LogP contribution in [0.2, 0.25) is 0 Å². The minimum Gasteiger partial charge on any atom is -0.467 e. The Morgan fingerprint density at radius 3 is 2.38 bits per heavy atom. The lowest BCUT2D eigenvalue weighted by molar-refractivity contribution is -0.142. The molecule has 1 amide bonds. The number of halogens is 2. The molecule has 0 spiro atoms. The van der Waals surface area contributed by atoms with Crippen molar-refractivity contribution < 1.29 is 23.1 Å². The van der Waals surface area contributed by atoms with E-state index in [0.717, 1.165) is 16.7 Å². The number of amides is 1. The molecule has 0 unspecified atom stereocenters. The molecule has 40 heavy (non-hydrogen) atoms. The number of methoxy groups -OCH3 is 1. The molecule has 0 fully saturated rings. The number of esters is 1. The van der Waals surface area contributed by atoms with E-state index in [1.165, 1.54) is 31.4 Å². The van der Waals surface area contributed by atoms with Gasteiger partial charge in [0.15, 0.2) is 0 Å². The van der Waals surface area contributed by atoms with Crippen molar-refractivity contribution in [3.63, 3.8) is 0 Å². The van der Waals surface area contributed by atoms with Crippen LogP contribution in [0.4, 0.5) is 8.78 Å². The zero-order valence-corrected chi connectivity index (χ0v) is 23.0. The average Bonchev–Trinajstić information content (AvgIpc) is 3.48. The molecule has 4 aromatic rings. The number of ether oxygens (including phenoxy) is 1.